The first-order chi connectivity index (χ1) is 4.75. The molecule has 1 aromatic carbocycles. The maximum Gasteiger partial charge on any atom is 0.129 e. The van der Waals surface area contributed by atoms with Crippen LogP contribution in [0.4, 0.5) is 0 Å². The first-order valence-corrected chi connectivity index (χ1v) is 3.31. The summed E-state index contributed by atoms with van der Waals surface area (Å²) in [7, 11) is 0. The fraction of sp³-hybridized carbons (Fsp3) is 0.143. The number of phenols is 1. The number of hydrogen-bond donors (Lipinski definition) is 3. The number of phenolic OH excluding ortho intramolecular Hbond substituents is 1. The molecule has 10 heavy (non-hydrogen) atoms. The predicted octanol–water partition coefficient (Wildman–Crippen LogP) is 1.17. The van der Waals surface area contributed by atoms with Gasteiger partial charge in [0.25, 0.3) is 0 Å². The van der Waals surface area contributed by atoms with Crippen molar-refractivity contribution in [3.05, 3.63) is 23.8 Å². The SMILES string of the molecule is OCc1cccc(O)c1S. The Morgan fingerprint density at radius 2 is 2.10 bits per heavy atom. The van der Waals surface area contributed by atoms with E-state index in [2.05, 4.69) is 12.6 Å². The lowest BCUT2D eigenvalue weighted by atomic mass is 10.2. The molecule has 54 valence electrons. The summed E-state index contributed by atoms with van der Waals surface area (Å²) in [5.41, 5.74) is 0.642. The third kappa shape index (κ3) is 1.25. The Labute approximate surface area is 64.5 Å². The first-order valence-electron chi connectivity index (χ1n) is 2.86. The van der Waals surface area contributed by atoms with Gasteiger partial charge in [-0.15, -0.1) is 12.6 Å². The van der Waals surface area contributed by atoms with Crippen molar-refractivity contribution < 1.29 is 10.2 Å². The summed E-state index contributed by atoms with van der Waals surface area (Å²) >= 11 is 3.98. The van der Waals surface area contributed by atoms with Crippen molar-refractivity contribution in [1.82, 2.24) is 0 Å². The third-order valence-corrected chi connectivity index (χ3v) is 1.78. The van der Waals surface area contributed by atoms with E-state index in [0.29, 0.717) is 10.5 Å². The van der Waals surface area contributed by atoms with Crippen LogP contribution in [0.2, 0.25) is 0 Å². The predicted molar refractivity (Wildman–Crippen MR) is 41.3 cm³/mol. The Hall–Kier alpha value is -0.670. The van der Waals surface area contributed by atoms with Crippen LogP contribution in [0.5, 0.6) is 5.75 Å². The van der Waals surface area contributed by atoms with Crippen molar-refractivity contribution in [2.75, 3.05) is 0 Å². The van der Waals surface area contributed by atoms with Gasteiger partial charge in [-0.3, -0.25) is 0 Å². The van der Waals surface area contributed by atoms with E-state index in [1.54, 1.807) is 12.1 Å². The summed E-state index contributed by atoms with van der Waals surface area (Å²) in [6.07, 6.45) is 0. The van der Waals surface area contributed by atoms with E-state index < -0.39 is 0 Å². The summed E-state index contributed by atoms with van der Waals surface area (Å²) in [4.78, 5) is 0.449. The summed E-state index contributed by atoms with van der Waals surface area (Å²) in [5, 5.41) is 17.7. The minimum Gasteiger partial charge on any atom is -0.507 e. The average molecular weight is 156 g/mol. The third-order valence-electron chi connectivity index (χ3n) is 1.27. The average Bonchev–Trinajstić information content (AvgIpc) is 1.95. The monoisotopic (exact) mass is 156 g/mol. The van der Waals surface area contributed by atoms with Crippen LogP contribution in [0.15, 0.2) is 23.1 Å². The molecule has 0 unspecified atom stereocenters. The topological polar surface area (TPSA) is 40.5 Å². The molecule has 0 atom stereocenters. The molecule has 0 amide bonds. The van der Waals surface area contributed by atoms with Gasteiger partial charge in [0.1, 0.15) is 5.75 Å². The smallest absolute Gasteiger partial charge is 0.129 e. The zero-order valence-corrected chi connectivity index (χ0v) is 6.18. The number of hydrogen-bond acceptors (Lipinski definition) is 3. The van der Waals surface area contributed by atoms with E-state index in [9.17, 15) is 0 Å². The quantitative estimate of drug-likeness (QED) is 0.534. The molecule has 0 aliphatic rings. The van der Waals surface area contributed by atoms with Gasteiger partial charge in [0, 0.05) is 0 Å². The molecule has 0 spiro atoms. The van der Waals surface area contributed by atoms with Crippen molar-refractivity contribution in [1.29, 1.82) is 0 Å². The summed E-state index contributed by atoms with van der Waals surface area (Å²) in [5.74, 6) is 0.106. The zero-order valence-electron chi connectivity index (χ0n) is 5.28. The fourth-order valence-electron chi connectivity index (χ4n) is 0.705. The maximum atomic E-state index is 9.04. The number of aliphatic hydroxyl groups excluding tert-OH is 1. The summed E-state index contributed by atoms with van der Waals surface area (Å²) in [6.45, 7) is -0.0900. The lowest BCUT2D eigenvalue weighted by Crippen LogP contribution is -1.84. The van der Waals surface area contributed by atoms with Crippen LogP contribution < -0.4 is 0 Å². The molecule has 0 saturated heterocycles. The van der Waals surface area contributed by atoms with Gasteiger partial charge < -0.3 is 10.2 Å². The molecular formula is C7H8O2S. The molecule has 1 rings (SSSR count). The molecule has 3 heteroatoms. The standard InChI is InChI=1S/C7H8O2S/c8-4-5-2-1-3-6(9)7(5)10/h1-3,8-10H,4H2. The molecule has 0 heterocycles. The molecular weight excluding hydrogens is 148 g/mol. The highest BCUT2D eigenvalue weighted by atomic mass is 32.1. The molecule has 0 aromatic heterocycles. The van der Waals surface area contributed by atoms with Crippen LogP contribution in [-0.2, 0) is 6.61 Å². The van der Waals surface area contributed by atoms with Crippen molar-refractivity contribution in [2.24, 2.45) is 0 Å². The van der Waals surface area contributed by atoms with Crippen LogP contribution in [0.3, 0.4) is 0 Å². The Balaban J connectivity index is 3.14. The molecule has 0 aliphatic heterocycles. The van der Waals surface area contributed by atoms with E-state index in [-0.39, 0.29) is 12.4 Å². The van der Waals surface area contributed by atoms with E-state index in [1.165, 1.54) is 6.07 Å². The number of aliphatic hydroxyl groups is 1. The molecule has 0 saturated carbocycles. The molecule has 2 nitrogen and oxygen atoms in total. The molecule has 0 fully saturated rings. The second-order valence-electron chi connectivity index (χ2n) is 1.94. The van der Waals surface area contributed by atoms with Crippen LogP contribution >= 0.6 is 12.6 Å². The number of aromatic hydroxyl groups is 1. The second-order valence-corrected chi connectivity index (χ2v) is 2.39. The molecule has 0 radical (unpaired) electrons. The number of thiol groups is 1. The second kappa shape index (κ2) is 2.94. The Bertz CT molecular complexity index is 235. The summed E-state index contributed by atoms with van der Waals surface area (Å²) < 4.78 is 0. The lowest BCUT2D eigenvalue weighted by molar-refractivity contribution is 0.277. The normalized spacial score (nSPS) is 9.80. The van der Waals surface area contributed by atoms with Gasteiger partial charge in [0.2, 0.25) is 0 Å². The van der Waals surface area contributed by atoms with E-state index in [0.717, 1.165) is 0 Å². The van der Waals surface area contributed by atoms with Gasteiger partial charge in [-0.25, -0.2) is 0 Å². The highest BCUT2D eigenvalue weighted by Crippen LogP contribution is 2.24. The molecule has 2 N–H and O–H groups in total. The minimum atomic E-state index is -0.0900. The summed E-state index contributed by atoms with van der Waals surface area (Å²) in [6, 6.07) is 4.91. The van der Waals surface area contributed by atoms with E-state index >= 15 is 0 Å². The number of rotatable bonds is 1. The van der Waals surface area contributed by atoms with Crippen LogP contribution in [0.1, 0.15) is 5.56 Å². The van der Waals surface area contributed by atoms with Crippen LogP contribution in [0.25, 0.3) is 0 Å². The van der Waals surface area contributed by atoms with Gasteiger partial charge in [-0.2, -0.15) is 0 Å². The Morgan fingerprint density at radius 1 is 1.40 bits per heavy atom. The van der Waals surface area contributed by atoms with Gasteiger partial charge in [0.05, 0.1) is 11.5 Å². The first kappa shape index (κ1) is 7.44. The van der Waals surface area contributed by atoms with Crippen molar-refractivity contribution in [3.63, 3.8) is 0 Å². The molecule has 1 aromatic rings. The fourth-order valence-corrected chi connectivity index (χ4v) is 0.925. The van der Waals surface area contributed by atoms with Crippen molar-refractivity contribution in [3.8, 4) is 5.75 Å². The van der Waals surface area contributed by atoms with E-state index in [4.69, 9.17) is 10.2 Å². The zero-order chi connectivity index (χ0) is 7.56. The lowest BCUT2D eigenvalue weighted by Gasteiger charge is -2.01. The van der Waals surface area contributed by atoms with Crippen molar-refractivity contribution >= 4 is 12.6 Å². The number of benzene rings is 1. The molecule has 0 bridgehead atoms. The van der Waals surface area contributed by atoms with Crippen LogP contribution in [-0.4, -0.2) is 10.2 Å². The largest absolute Gasteiger partial charge is 0.507 e. The van der Waals surface area contributed by atoms with Crippen molar-refractivity contribution in [2.45, 2.75) is 11.5 Å². The maximum absolute atomic E-state index is 9.04. The van der Waals surface area contributed by atoms with Gasteiger partial charge >= 0.3 is 0 Å². The van der Waals surface area contributed by atoms with Gasteiger partial charge in [-0.1, -0.05) is 12.1 Å². The van der Waals surface area contributed by atoms with Gasteiger partial charge in [-0.05, 0) is 11.6 Å². The van der Waals surface area contributed by atoms with Gasteiger partial charge in [0.15, 0.2) is 0 Å². The Kier molecular flexibility index (Phi) is 2.19. The minimum absolute atomic E-state index is 0.0900. The van der Waals surface area contributed by atoms with Crippen LogP contribution in [0, 0.1) is 0 Å². The Morgan fingerprint density at radius 3 is 2.60 bits per heavy atom. The highest BCUT2D eigenvalue weighted by molar-refractivity contribution is 7.80. The highest BCUT2D eigenvalue weighted by Gasteiger charge is 2.00. The van der Waals surface area contributed by atoms with E-state index in [1.807, 2.05) is 0 Å². The molecule has 0 aliphatic carbocycles.